The number of rotatable bonds is 49. The van der Waals surface area contributed by atoms with Gasteiger partial charge >= 0.3 is 17.9 Å². The summed E-state index contributed by atoms with van der Waals surface area (Å²) in [6.45, 7) is 6.44. The van der Waals surface area contributed by atoms with E-state index in [2.05, 4.69) is 106 Å². The molecule has 0 rings (SSSR count). The predicted molar refractivity (Wildman–Crippen MR) is 284 cm³/mol. The second kappa shape index (κ2) is 54.2. The largest absolute Gasteiger partial charge is 0.462 e. The molecule has 66 heavy (non-hydrogen) atoms. The molecule has 6 heteroatoms. The van der Waals surface area contributed by atoms with Crippen molar-refractivity contribution < 1.29 is 28.6 Å². The van der Waals surface area contributed by atoms with Crippen LogP contribution in [-0.2, 0) is 28.6 Å². The maximum atomic E-state index is 12.8. The zero-order valence-electron chi connectivity index (χ0n) is 43.2. The third kappa shape index (κ3) is 51.6. The van der Waals surface area contributed by atoms with Gasteiger partial charge in [-0.15, -0.1) is 0 Å². The minimum Gasteiger partial charge on any atom is -0.462 e. The molecule has 0 spiro atoms. The number of esters is 3. The van der Waals surface area contributed by atoms with Crippen molar-refractivity contribution in [3.05, 3.63) is 85.1 Å². The maximum absolute atomic E-state index is 12.8. The van der Waals surface area contributed by atoms with Crippen LogP contribution < -0.4 is 0 Å². The Hall–Kier alpha value is -3.41. The molecule has 0 bridgehead atoms. The lowest BCUT2D eigenvalue weighted by molar-refractivity contribution is -0.167. The van der Waals surface area contributed by atoms with Crippen molar-refractivity contribution in [2.24, 2.45) is 0 Å². The Morgan fingerprint density at radius 1 is 0.318 bits per heavy atom. The Morgan fingerprint density at radius 3 is 1.02 bits per heavy atom. The summed E-state index contributed by atoms with van der Waals surface area (Å²) < 4.78 is 16.8. The van der Waals surface area contributed by atoms with E-state index in [4.69, 9.17) is 14.2 Å². The normalized spacial score (nSPS) is 12.7. The quantitative estimate of drug-likeness (QED) is 0.0262. The van der Waals surface area contributed by atoms with Gasteiger partial charge in [0.25, 0.3) is 0 Å². The lowest BCUT2D eigenvalue weighted by Gasteiger charge is -2.18. The molecule has 0 amide bonds. The Morgan fingerprint density at radius 2 is 0.606 bits per heavy atom. The van der Waals surface area contributed by atoms with Crippen LogP contribution in [0.15, 0.2) is 85.1 Å². The van der Waals surface area contributed by atoms with Crippen LogP contribution in [0.5, 0.6) is 0 Å². The third-order valence-electron chi connectivity index (χ3n) is 11.6. The van der Waals surface area contributed by atoms with Crippen LogP contribution in [-0.4, -0.2) is 37.2 Å². The number of allylic oxidation sites excluding steroid dienone is 14. The lowest BCUT2D eigenvalue weighted by Crippen LogP contribution is -2.30. The standard InChI is InChI=1S/C60H102O6/c1-4-7-10-13-16-19-22-25-28-29-30-31-33-35-38-41-44-47-50-53-59(62)65-56-57(55-64-58(61)52-49-46-43-40-37-34-27-24-21-18-15-12-9-6-3)66-60(63)54-51-48-45-42-39-36-32-26-23-20-17-14-11-8-5-2/h8,11,15,17-18,20,24,26-27,29-30,32,39,42,57H,4-7,9-10,12-14,16,19,21-23,25,28,31,33-38,40-41,43-56H2,1-3H3/b11-8-,18-15-,20-17-,27-24-,30-29-,32-26-,42-39-/t57-/m1/s1. The highest BCUT2D eigenvalue weighted by Crippen LogP contribution is 2.14. The second-order valence-electron chi connectivity index (χ2n) is 18.1. The molecule has 0 aliphatic heterocycles. The highest BCUT2D eigenvalue weighted by atomic mass is 16.6. The number of hydrogen-bond acceptors (Lipinski definition) is 6. The summed E-state index contributed by atoms with van der Waals surface area (Å²) in [5, 5.41) is 0. The van der Waals surface area contributed by atoms with E-state index in [1.807, 2.05) is 0 Å². The Bertz CT molecular complexity index is 1290. The van der Waals surface area contributed by atoms with E-state index < -0.39 is 6.10 Å². The van der Waals surface area contributed by atoms with Crippen LogP contribution in [0.4, 0.5) is 0 Å². The summed E-state index contributed by atoms with van der Waals surface area (Å²) in [4.78, 5) is 38.1. The second-order valence-corrected chi connectivity index (χ2v) is 18.1. The summed E-state index contributed by atoms with van der Waals surface area (Å²) in [6, 6.07) is 0. The van der Waals surface area contributed by atoms with Gasteiger partial charge in [0.2, 0.25) is 0 Å². The zero-order chi connectivity index (χ0) is 47.9. The Balaban J connectivity index is 4.44. The molecule has 0 saturated heterocycles. The monoisotopic (exact) mass is 919 g/mol. The summed E-state index contributed by atoms with van der Waals surface area (Å²) in [6.07, 6.45) is 70.0. The molecule has 0 aromatic rings. The molecule has 0 unspecified atom stereocenters. The highest BCUT2D eigenvalue weighted by Gasteiger charge is 2.19. The van der Waals surface area contributed by atoms with E-state index in [-0.39, 0.29) is 37.5 Å². The predicted octanol–water partition coefficient (Wildman–Crippen LogP) is 18.4. The molecular weight excluding hydrogens is 817 g/mol. The molecule has 0 aliphatic carbocycles. The zero-order valence-corrected chi connectivity index (χ0v) is 43.2. The average molecular weight is 919 g/mol. The van der Waals surface area contributed by atoms with E-state index in [0.717, 1.165) is 103 Å². The van der Waals surface area contributed by atoms with Crippen LogP contribution in [0, 0.1) is 0 Å². The molecule has 0 aromatic carbocycles. The smallest absolute Gasteiger partial charge is 0.306 e. The van der Waals surface area contributed by atoms with Crippen molar-refractivity contribution in [3.63, 3.8) is 0 Å². The molecule has 0 fully saturated rings. The minimum absolute atomic E-state index is 0.100. The van der Waals surface area contributed by atoms with Crippen molar-refractivity contribution in [1.82, 2.24) is 0 Å². The molecule has 0 N–H and O–H groups in total. The van der Waals surface area contributed by atoms with Gasteiger partial charge in [-0.1, -0.05) is 215 Å². The van der Waals surface area contributed by atoms with Gasteiger partial charge in [-0.2, -0.15) is 0 Å². The van der Waals surface area contributed by atoms with Crippen LogP contribution in [0.2, 0.25) is 0 Å². The molecular formula is C60H102O6. The number of ether oxygens (including phenoxy) is 3. The van der Waals surface area contributed by atoms with Crippen LogP contribution >= 0.6 is 0 Å². The van der Waals surface area contributed by atoms with E-state index in [1.54, 1.807) is 0 Å². The molecule has 0 radical (unpaired) electrons. The maximum Gasteiger partial charge on any atom is 0.306 e. The van der Waals surface area contributed by atoms with Gasteiger partial charge in [-0.05, 0) is 109 Å². The molecule has 378 valence electrons. The van der Waals surface area contributed by atoms with Gasteiger partial charge in [-0.25, -0.2) is 0 Å². The average Bonchev–Trinajstić information content (AvgIpc) is 3.31. The van der Waals surface area contributed by atoms with Gasteiger partial charge in [-0.3, -0.25) is 14.4 Å². The van der Waals surface area contributed by atoms with E-state index in [9.17, 15) is 14.4 Å². The first-order valence-corrected chi connectivity index (χ1v) is 27.6. The minimum atomic E-state index is -0.806. The van der Waals surface area contributed by atoms with E-state index >= 15 is 0 Å². The van der Waals surface area contributed by atoms with Crippen molar-refractivity contribution in [3.8, 4) is 0 Å². The third-order valence-corrected chi connectivity index (χ3v) is 11.6. The van der Waals surface area contributed by atoms with E-state index in [0.29, 0.717) is 19.3 Å². The van der Waals surface area contributed by atoms with Crippen LogP contribution in [0.1, 0.15) is 258 Å². The van der Waals surface area contributed by atoms with Gasteiger partial charge in [0.05, 0.1) is 0 Å². The number of unbranched alkanes of at least 4 members (excludes halogenated alkanes) is 24. The van der Waals surface area contributed by atoms with Crippen molar-refractivity contribution in [1.29, 1.82) is 0 Å². The SMILES string of the molecule is CC/C=C\C/C=C\C/C=C\C/C=C\CCCCC(=O)O[C@H](COC(=O)CCCCCCC/C=C\C/C=C\CCCC)COC(=O)CCCCCCCCC/C=C\CCCCCCCCCC. The van der Waals surface area contributed by atoms with Crippen molar-refractivity contribution >= 4 is 17.9 Å². The molecule has 1 atom stereocenters. The Labute approximate surface area is 407 Å². The fraction of sp³-hybridized carbons (Fsp3) is 0.717. The van der Waals surface area contributed by atoms with Crippen LogP contribution in [0.25, 0.3) is 0 Å². The van der Waals surface area contributed by atoms with Gasteiger partial charge in [0.15, 0.2) is 6.10 Å². The van der Waals surface area contributed by atoms with E-state index in [1.165, 1.54) is 109 Å². The number of carbonyl (C=O) groups excluding carboxylic acids is 3. The van der Waals surface area contributed by atoms with Gasteiger partial charge < -0.3 is 14.2 Å². The first kappa shape index (κ1) is 62.6. The summed E-state index contributed by atoms with van der Waals surface area (Å²) in [5.74, 6) is -0.958. The van der Waals surface area contributed by atoms with Gasteiger partial charge in [0.1, 0.15) is 13.2 Å². The molecule has 0 aromatic heterocycles. The molecule has 0 saturated carbocycles. The highest BCUT2D eigenvalue weighted by molar-refractivity contribution is 5.71. The molecule has 0 heterocycles. The van der Waals surface area contributed by atoms with Crippen LogP contribution in [0.3, 0.4) is 0 Å². The first-order valence-electron chi connectivity index (χ1n) is 27.6. The van der Waals surface area contributed by atoms with Crippen molar-refractivity contribution in [2.45, 2.75) is 264 Å². The fourth-order valence-electron chi connectivity index (χ4n) is 7.44. The lowest BCUT2D eigenvalue weighted by atomic mass is 10.1. The molecule has 0 aliphatic rings. The summed E-state index contributed by atoms with van der Waals surface area (Å²) >= 11 is 0. The fourth-order valence-corrected chi connectivity index (χ4v) is 7.44. The summed E-state index contributed by atoms with van der Waals surface area (Å²) in [7, 11) is 0. The Kier molecular flexibility index (Phi) is 51.4. The number of hydrogen-bond donors (Lipinski definition) is 0. The number of carbonyl (C=O) groups is 3. The first-order chi connectivity index (χ1) is 32.5. The van der Waals surface area contributed by atoms with Gasteiger partial charge in [0, 0.05) is 19.3 Å². The topological polar surface area (TPSA) is 78.9 Å². The molecule has 6 nitrogen and oxygen atoms in total. The summed E-state index contributed by atoms with van der Waals surface area (Å²) in [5.41, 5.74) is 0. The van der Waals surface area contributed by atoms with Crippen molar-refractivity contribution in [2.75, 3.05) is 13.2 Å².